The highest BCUT2D eigenvalue weighted by atomic mass is 35.5. The molecule has 4 nitrogen and oxygen atoms in total. The normalized spacial score (nSPS) is 15.1. The van der Waals surface area contributed by atoms with Crippen molar-refractivity contribution in [3.05, 3.63) is 68.7 Å². The van der Waals surface area contributed by atoms with Crippen molar-refractivity contribution < 1.29 is 9.59 Å². The number of benzene rings is 2. The zero-order chi connectivity index (χ0) is 24.5. The number of hydrogen-bond acceptors (Lipinski definition) is 3. The van der Waals surface area contributed by atoms with Crippen LogP contribution in [0.3, 0.4) is 0 Å². The topological polar surface area (TPSA) is 49.4 Å². The molecule has 0 radical (unpaired) electrons. The van der Waals surface area contributed by atoms with Gasteiger partial charge in [0.2, 0.25) is 11.8 Å². The maximum absolute atomic E-state index is 13.4. The second kappa shape index (κ2) is 13.6. The van der Waals surface area contributed by atoms with Gasteiger partial charge < -0.3 is 10.2 Å². The van der Waals surface area contributed by atoms with Crippen LogP contribution in [0, 0.1) is 0 Å². The molecule has 2 amide bonds. The number of carbonyl (C=O) groups excluding carboxylic acids is 2. The summed E-state index contributed by atoms with van der Waals surface area (Å²) < 4.78 is 0. The molecule has 1 aliphatic carbocycles. The molecule has 2 aromatic carbocycles. The van der Waals surface area contributed by atoms with Crippen molar-refractivity contribution >= 4 is 58.4 Å². The van der Waals surface area contributed by atoms with E-state index in [9.17, 15) is 9.59 Å². The van der Waals surface area contributed by atoms with Crippen molar-refractivity contribution in [3.63, 3.8) is 0 Å². The van der Waals surface area contributed by atoms with Crippen molar-refractivity contribution in [2.75, 3.05) is 5.75 Å². The van der Waals surface area contributed by atoms with Gasteiger partial charge in [0.05, 0.1) is 15.8 Å². The fourth-order valence-electron chi connectivity index (χ4n) is 4.22. The molecule has 0 bridgehead atoms. The maximum atomic E-state index is 13.4. The molecule has 0 saturated heterocycles. The Morgan fingerprint density at radius 2 is 1.68 bits per heavy atom. The predicted molar refractivity (Wildman–Crippen MR) is 144 cm³/mol. The highest BCUT2D eigenvalue weighted by Gasteiger charge is 2.30. The zero-order valence-electron chi connectivity index (χ0n) is 19.4. The first kappa shape index (κ1) is 27.2. The van der Waals surface area contributed by atoms with E-state index in [4.69, 9.17) is 34.8 Å². The van der Waals surface area contributed by atoms with Crippen LogP contribution in [0.5, 0.6) is 0 Å². The Kier molecular flexibility index (Phi) is 10.9. The van der Waals surface area contributed by atoms with Crippen LogP contribution in [0.15, 0.2) is 42.5 Å². The lowest BCUT2D eigenvalue weighted by atomic mass is 9.95. The first-order valence-electron chi connectivity index (χ1n) is 11.7. The number of hydrogen-bond donors (Lipinski definition) is 1. The summed E-state index contributed by atoms with van der Waals surface area (Å²) in [5.41, 5.74) is 1.94. The standard InChI is InChI=1S/C26H31Cl3N2O2S/c1-2-24(26(33)30-21-6-4-3-5-7-21)31(15-18-8-11-20(27)12-9-18)25(32)17-34-16-19-10-13-22(28)23(29)14-19/h8-14,21,24H,2-7,15-17H2,1H3,(H,30,33). The third kappa shape index (κ3) is 8.08. The van der Waals surface area contributed by atoms with E-state index in [2.05, 4.69) is 5.32 Å². The second-order valence-corrected chi connectivity index (χ2v) is 10.9. The highest BCUT2D eigenvalue weighted by Crippen LogP contribution is 2.25. The molecule has 1 saturated carbocycles. The van der Waals surface area contributed by atoms with Gasteiger partial charge in [0.15, 0.2) is 0 Å². The molecular formula is C26H31Cl3N2O2S. The van der Waals surface area contributed by atoms with Crippen molar-refractivity contribution in [3.8, 4) is 0 Å². The minimum Gasteiger partial charge on any atom is -0.352 e. The lowest BCUT2D eigenvalue weighted by molar-refractivity contribution is -0.139. The van der Waals surface area contributed by atoms with Crippen molar-refractivity contribution in [1.29, 1.82) is 0 Å². The van der Waals surface area contributed by atoms with E-state index in [0.29, 0.717) is 33.8 Å². The van der Waals surface area contributed by atoms with Crippen LogP contribution in [0.2, 0.25) is 15.1 Å². The van der Waals surface area contributed by atoms with Crippen LogP contribution in [-0.4, -0.2) is 34.6 Å². The molecule has 0 aliphatic heterocycles. The van der Waals surface area contributed by atoms with Gasteiger partial charge >= 0.3 is 0 Å². The Morgan fingerprint density at radius 3 is 2.32 bits per heavy atom. The molecule has 8 heteroatoms. The van der Waals surface area contributed by atoms with Crippen molar-refractivity contribution in [2.24, 2.45) is 0 Å². The van der Waals surface area contributed by atoms with E-state index < -0.39 is 6.04 Å². The largest absolute Gasteiger partial charge is 0.352 e. The number of thioether (sulfide) groups is 1. The molecule has 184 valence electrons. The predicted octanol–water partition coefficient (Wildman–Crippen LogP) is 7.14. The molecule has 1 aliphatic rings. The summed E-state index contributed by atoms with van der Waals surface area (Å²) in [5.74, 6) is 0.764. The summed E-state index contributed by atoms with van der Waals surface area (Å²) >= 11 is 19.7. The summed E-state index contributed by atoms with van der Waals surface area (Å²) in [6.07, 6.45) is 6.07. The molecular weight excluding hydrogens is 511 g/mol. The average molecular weight is 542 g/mol. The van der Waals surface area contributed by atoms with Gasteiger partial charge in [-0.25, -0.2) is 0 Å². The van der Waals surface area contributed by atoms with Crippen LogP contribution < -0.4 is 5.32 Å². The van der Waals surface area contributed by atoms with Crippen LogP contribution in [0.1, 0.15) is 56.6 Å². The lowest BCUT2D eigenvalue weighted by Gasteiger charge is -2.32. The third-order valence-electron chi connectivity index (χ3n) is 6.08. The highest BCUT2D eigenvalue weighted by molar-refractivity contribution is 7.99. The average Bonchev–Trinajstić information content (AvgIpc) is 2.83. The smallest absolute Gasteiger partial charge is 0.243 e. The number of carbonyl (C=O) groups is 2. The van der Waals surface area contributed by atoms with Crippen LogP contribution in [0.25, 0.3) is 0 Å². The summed E-state index contributed by atoms with van der Waals surface area (Å²) in [4.78, 5) is 28.3. The van der Waals surface area contributed by atoms with Gasteiger partial charge in [-0.2, -0.15) is 0 Å². The van der Waals surface area contributed by atoms with Crippen molar-refractivity contribution in [2.45, 2.75) is 69.8 Å². The molecule has 1 atom stereocenters. The van der Waals surface area contributed by atoms with Gasteiger partial charge in [-0.05, 0) is 54.7 Å². The molecule has 3 rings (SSSR count). The summed E-state index contributed by atoms with van der Waals surface area (Å²) in [5, 5.41) is 4.86. The Balaban J connectivity index is 1.69. The number of rotatable bonds is 10. The number of halogens is 3. The Morgan fingerprint density at radius 1 is 1.00 bits per heavy atom. The maximum Gasteiger partial charge on any atom is 0.243 e. The summed E-state index contributed by atoms with van der Waals surface area (Å²) in [6, 6.07) is 12.6. The number of nitrogens with one attached hydrogen (secondary N) is 1. The van der Waals surface area contributed by atoms with Gasteiger partial charge in [0.25, 0.3) is 0 Å². The quantitative estimate of drug-likeness (QED) is 0.348. The van der Waals surface area contributed by atoms with E-state index in [-0.39, 0.29) is 23.6 Å². The summed E-state index contributed by atoms with van der Waals surface area (Å²) in [7, 11) is 0. The molecule has 2 aromatic rings. The Labute approximate surface area is 221 Å². The SMILES string of the molecule is CCC(C(=O)NC1CCCCC1)N(Cc1ccc(Cl)cc1)C(=O)CSCc1ccc(Cl)c(Cl)c1. The molecule has 1 fully saturated rings. The molecule has 1 N–H and O–H groups in total. The van der Waals surface area contributed by atoms with Gasteiger partial charge in [0, 0.05) is 23.4 Å². The Bertz CT molecular complexity index is 965. The molecule has 1 unspecified atom stereocenters. The summed E-state index contributed by atoms with van der Waals surface area (Å²) in [6.45, 7) is 2.32. The van der Waals surface area contributed by atoms with E-state index in [1.807, 2.05) is 43.3 Å². The molecule has 34 heavy (non-hydrogen) atoms. The van der Waals surface area contributed by atoms with Crippen LogP contribution >= 0.6 is 46.6 Å². The first-order valence-corrected chi connectivity index (χ1v) is 14.0. The number of nitrogens with zero attached hydrogens (tertiary/aromatic N) is 1. The van der Waals surface area contributed by atoms with Gasteiger partial charge in [-0.1, -0.05) is 79.2 Å². The minimum absolute atomic E-state index is 0.0637. The minimum atomic E-state index is -0.518. The lowest BCUT2D eigenvalue weighted by Crippen LogP contribution is -2.52. The third-order valence-corrected chi connectivity index (χ3v) is 8.06. The molecule has 0 spiro atoms. The Hall–Kier alpha value is -1.40. The van der Waals surface area contributed by atoms with Crippen LogP contribution in [-0.2, 0) is 21.9 Å². The monoisotopic (exact) mass is 540 g/mol. The van der Waals surface area contributed by atoms with Crippen LogP contribution in [0.4, 0.5) is 0 Å². The van der Waals surface area contributed by atoms with Crippen molar-refractivity contribution in [1.82, 2.24) is 10.2 Å². The van der Waals surface area contributed by atoms with E-state index in [1.165, 1.54) is 18.2 Å². The fraction of sp³-hybridized carbons (Fsp3) is 0.462. The fourth-order valence-corrected chi connectivity index (χ4v) is 5.52. The van der Waals surface area contributed by atoms with Gasteiger partial charge in [-0.3, -0.25) is 9.59 Å². The first-order chi connectivity index (χ1) is 16.4. The van der Waals surface area contributed by atoms with Gasteiger partial charge in [0.1, 0.15) is 6.04 Å². The van der Waals surface area contributed by atoms with E-state index in [0.717, 1.165) is 36.8 Å². The molecule has 0 heterocycles. The number of amides is 2. The zero-order valence-corrected chi connectivity index (χ0v) is 22.5. The van der Waals surface area contributed by atoms with E-state index in [1.54, 1.807) is 11.0 Å². The van der Waals surface area contributed by atoms with Gasteiger partial charge in [-0.15, -0.1) is 11.8 Å². The molecule has 0 aromatic heterocycles. The van der Waals surface area contributed by atoms with E-state index >= 15 is 0 Å². The second-order valence-electron chi connectivity index (χ2n) is 8.66.